The van der Waals surface area contributed by atoms with Crippen LogP contribution in [0, 0.1) is 3.57 Å². The Hall–Kier alpha value is -0.550. The van der Waals surface area contributed by atoms with Crippen molar-refractivity contribution in [2.75, 3.05) is 0 Å². The quantitative estimate of drug-likeness (QED) is 0.863. The SMILES string of the molecule is NCc1oc2c(I)cccc2c1C1CC1. The van der Waals surface area contributed by atoms with Crippen molar-refractivity contribution in [2.45, 2.75) is 25.3 Å². The summed E-state index contributed by atoms with van der Waals surface area (Å²) in [6, 6.07) is 6.31. The molecule has 2 N–H and O–H groups in total. The van der Waals surface area contributed by atoms with E-state index >= 15 is 0 Å². The van der Waals surface area contributed by atoms with Gasteiger partial charge in [0.25, 0.3) is 0 Å². The molecule has 2 nitrogen and oxygen atoms in total. The molecule has 0 bridgehead atoms. The van der Waals surface area contributed by atoms with Crippen molar-refractivity contribution in [3.8, 4) is 0 Å². The molecule has 1 saturated carbocycles. The minimum atomic E-state index is 0.511. The summed E-state index contributed by atoms with van der Waals surface area (Å²) < 4.78 is 7.02. The molecule has 0 unspecified atom stereocenters. The Morgan fingerprint density at radius 2 is 2.20 bits per heavy atom. The zero-order valence-corrected chi connectivity index (χ0v) is 10.5. The predicted octanol–water partition coefficient (Wildman–Crippen LogP) is 3.37. The van der Waals surface area contributed by atoms with Gasteiger partial charge in [-0.15, -0.1) is 0 Å². The molecule has 3 heteroatoms. The van der Waals surface area contributed by atoms with Crippen LogP contribution in [-0.2, 0) is 6.54 Å². The molecular weight excluding hydrogens is 301 g/mol. The lowest BCUT2D eigenvalue weighted by molar-refractivity contribution is 0.544. The van der Waals surface area contributed by atoms with Crippen LogP contribution in [0.25, 0.3) is 11.0 Å². The fourth-order valence-electron chi connectivity index (χ4n) is 2.12. The lowest BCUT2D eigenvalue weighted by atomic mass is 10.1. The van der Waals surface area contributed by atoms with Gasteiger partial charge in [0.15, 0.2) is 0 Å². The van der Waals surface area contributed by atoms with E-state index in [2.05, 4.69) is 40.8 Å². The van der Waals surface area contributed by atoms with Gasteiger partial charge in [0.05, 0.1) is 10.1 Å². The first kappa shape index (κ1) is 9.66. The monoisotopic (exact) mass is 313 g/mol. The number of fused-ring (bicyclic) bond motifs is 1. The van der Waals surface area contributed by atoms with Crippen LogP contribution in [0.15, 0.2) is 22.6 Å². The largest absolute Gasteiger partial charge is 0.458 e. The Kier molecular flexibility index (Phi) is 2.25. The number of nitrogens with two attached hydrogens (primary N) is 1. The first-order valence-electron chi connectivity index (χ1n) is 5.21. The Labute approximate surface area is 102 Å². The molecule has 0 radical (unpaired) electrons. The van der Waals surface area contributed by atoms with Crippen LogP contribution in [0.1, 0.15) is 30.1 Å². The molecule has 78 valence electrons. The molecule has 0 saturated heterocycles. The molecule has 1 aliphatic rings. The highest BCUT2D eigenvalue weighted by atomic mass is 127. The number of hydrogen-bond donors (Lipinski definition) is 1. The van der Waals surface area contributed by atoms with E-state index in [1.54, 1.807) is 0 Å². The molecule has 1 aromatic carbocycles. The average molecular weight is 313 g/mol. The summed E-state index contributed by atoms with van der Waals surface area (Å²) in [6.45, 7) is 0.511. The lowest BCUT2D eigenvalue weighted by Gasteiger charge is -1.96. The Morgan fingerprint density at radius 3 is 2.87 bits per heavy atom. The summed E-state index contributed by atoms with van der Waals surface area (Å²) >= 11 is 2.31. The van der Waals surface area contributed by atoms with Crippen LogP contribution < -0.4 is 5.73 Å². The van der Waals surface area contributed by atoms with Crippen LogP contribution in [0.5, 0.6) is 0 Å². The van der Waals surface area contributed by atoms with Gasteiger partial charge in [0, 0.05) is 10.9 Å². The van der Waals surface area contributed by atoms with E-state index in [1.807, 2.05) is 0 Å². The van der Waals surface area contributed by atoms with Gasteiger partial charge in [-0.3, -0.25) is 0 Å². The van der Waals surface area contributed by atoms with E-state index in [9.17, 15) is 0 Å². The Bertz CT molecular complexity index is 514. The van der Waals surface area contributed by atoms with E-state index in [0.29, 0.717) is 12.5 Å². The predicted molar refractivity (Wildman–Crippen MR) is 68.8 cm³/mol. The number of hydrogen-bond acceptors (Lipinski definition) is 2. The van der Waals surface area contributed by atoms with Gasteiger partial charge in [-0.1, -0.05) is 12.1 Å². The van der Waals surface area contributed by atoms with E-state index in [-0.39, 0.29) is 0 Å². The summed E-state index contributed by atoms with van der Waals surface area (Å²) in [5, 5.41) is 1.27. The van der Waals surface area contributed by atoms with Crippen LogP contribution in [-0.4, -0.2) is 0 Å². The van der Waals surface area contributed by atoms with E-state index < -0.39 is 0 Å². The number of furan rings is 1. The molecule has 2 aromatic rings. The first-order valence-corrected chi connectivity index (χ1v) is 6.29. The molecule has 0 aliphatic heterocycles. The van der Waals surface area contributed by atoms with Crippen molar-refractivity contribution in [1.82, 2.24) is 0 Å². The molecule has 0 amide bonds. The summed E-state index contributed by atoms with van der Waals surface area (Å²) in [5.41, 5.74) is 8.11. The molecule has 0 atom stereocenters. The summed E-state index contributed by atoms with van der Waals surface area (Å²) in [4.78, 5) is 0. The fraction of sp³-hybridized carbons (Fsp3) is 0.333. The third-order valence-corrected chi connectivity index (χ3v) is 3.80. The van der Waals surface area contributed by atoms with Crippen LogP contribution >= 0.6 is 22.6 Å². The van der Waals surface area contributed by atoms with Crippen molar-refractivity contribution in [3.05, 3.63) is 33.1 Å². The molecular formula is C12H12INO. The zero-order chi connectivity index (χ0) is 10.4. The van der Waals surface area contributed by atoms with Gasteiger partial charge in [-0.05, 0) is 47.4 Å². The van der Waals surface area contributed by atoms with Gasteiger partial charge in [-0.2, -0.15) is 0 Å². The molecule has 1 aromatic heterocycles. The maximum Gasteiger partial charge on any atom is 0.147 e. The molecule has 3 rings (SSSR count). The van der Waals surface area contributed by atoms with Gasteiger partial charge >= 0.3 is 0 Å². The van der Waals surface area contributed by atoms with E-state index in [4.69, 9.17) is 10.2 Å². The maximum atomic E-state index is 5.85. The highest BCUT2D eigenvalue weighted by molar-refractivity contribution is 14.1. The van der Waals surface area contributed by atoms with Crippen molar-refractivity contribution in [2.24, 2.45) is 5.73 Å². The van der Waals surface area contributed by atoms with Crippen LogP contribution in [0.4, 0.5) is 0 Å². The number of benzene rings is 1. The first-order chi connectivity index (χ1) is 7.31. The van der Waals surface area contributed by atoms with Crippen molar-refractivity contribution in [3.63, 3.8) is 0 Å². The summed E-state index contributed by atoms with van der Waals surface area (Å²) in [7, 11) is 0. The maximum absolute atomic E-state index is 5.85. The highest BCUT2D eigenvalue weighted by Gasteiger charge is 2.30. The molecule has 1 fully saturated rings. The topological polar surface area (TPSA) is 39.2 Å². The second kappa shape index (κ2) is 3.49. The van der Waals surface area contributed by atoms with E-state index in [0.717, 1.165) is 11.3 Å². The lowest BCUT2D eigenvalue weighted by Crippen LogP contribution is -1.97. The average Bonchev–Trinajstić information content (AvgIpc) is 3.00. The van der Waals surface area contributed by atoms with Crippen molar-refractivity contribution in [1.29, 1.82) is 0 Å². The van der Waals surface area contributed by atoms with Gasteiger partial charge in [-0.25, -0.2) is 0 Å². The number of halogens is 1. The molecule has 15 heavy (non-hydrogen) atoms. The molecule has 1 aliphatic carbocycles. The summed E-state index contributed by atoms with van der Waals surface area (Å²) in [5.74, 6) is 1.68. The standard InChI is InChI=1S/C12H12INO/c13-9-3-1-2-8-11(7-4-5-7)10(6-14)15-12(8)9/h1-3,7H,4-6,14H2. The third-order valence-electron chi connectivity index (χ3n) is 2.95. The number of rotatable bonds is 2. The van der Waals surface area contributed by atoms with E-state index in [1.165, 1.54) is 27.4 Å². The highest BCUT2D eigenvalue weighted by Crippen LogP contribution is 2.46. The number of para-hydroxylation sites is 1. The fourth-order valence-corrected chi connectivity index (χ4v) is 2.73. The van der Waals surface area contributed by atoms with Gasteiger partial charge in [0.2, 0.25) is 0 Å². The second-order valence-electron chi connectivity index (χ2n) is 4.03. The second-order valence-corrected chi connectivity index (χ2v) is 5.20. The molecule has 1 heterocycles. The Balaban J connectivity index is 2.33. The van der Waals surface area contributed by atoms with Gasteiger partial charge < -0.3 is 10.2 Å². The van der Waals surface area contributed by atoms with Crippen molar-refractivity contribution >= 4 is 33.6 Å². The smallest absolute Gasteiger partial charge is 0.147 e. The molecule has 0 spiro atoms. The van der Waals surface area contributed by atoms with Crippen LogP contribution in [0.3, 0.4) is 0 Å². The minimum absolute atomic E-state index is 0.511. The zero-order valence-electron chi connectivity index (χ0n) is 8.29. The van der Waals surface area contributed by atoms with Crippen molar-refractivity contribution < 1.29 is 4.42 Å². The third kappa shape index (κ3) is 1.49. The van der Waals surface area contributed by atoms with Gasteiger partial charge in [0.1, 0.15) is 11.3 Å². The minimum Gasteiger partial charge on any atom is -0.458 e. The Morgan fingerprint density at radius 1 is 1.40 bits per heavy atom. The summed E-state index contributed by atoms with van der Waals surface area (Å²) in [6.07, 6.45) is 2.57. The van der Waals surface area contributed by atoms with Crippen LogP contribution in [0.2, 0.25) is 0 Å². The normalized spacial score (nSPS) is 16.1.